The summed E-state index contributed by atoms with van der Waals surface area (Å²) in [6.45, 7) is 0. The Hall–Kier alpha value is -0.0900. The molecular weight excluding hydrogens is 210 g/mol. The van der Waals surface area contributed by atoms with E-state index in [4.69, 9.17) is 0 Å². The lowest BCUT2D eigenvalue weighted by atomic mass is 9.81. The first-order valence-corrected chi connectivity index (χ1v) is 7.60. The first kappa shape index (κ1) is 10.1. The molecule has 2 bridgehead atoms. The summed E-state index contributed by atoms with van der Waals surface area (Å²) in [4.78, 5) is 0. The zero-order valence-electron chi connectivity index (χ0n) is 9.15. The van der Waals surface area contributed by atoms with Crippen molar-refractivity contribution in [3.63, 3.8) is 0 Å². The highest BCUT2D eigenvalue weighted by molar-refractivity contribution is 7.90. The maximum atomic E-state index is 11.9. The SMILES string of the molecule is CNS(=O)(=O)C1CC2CC1C1CCCC21. The Labute approximate surface area is 91.7 Å². The summed E-state index contributed by atoms with van der Waals surface area (Å²) >= 11 is 0. The molecule has 3 aliphatic rings. The van der Waals surface area contributed by atoms with Gasteiger partial charge in [-0.25, -0.2) is 13.1 Å². The molecule has 0 spiro atoms. The summed E-state index contributed by atoms with van der Waals surface area (Å²) in [6.07, 6.45) is 6.07. The van der Waals surface area contributed by atoms with Gasteiger partial charge in [-0.1, -0.05) is 6.42 Å². The molecule has 0 heterocycles. The molecule has 3 nitrogen and oxygen atoms in total. The second kappa shape index (κ2) is 3.20. The largest absolute Gasteiger partial charge is 0.218 e. The molecule has 15 heavy (non-hydrogen) atoms. The van der Waals surface area contributed by atoms with Crippen LogP contribution in [0.15, 0.2) is 0 Å². The van der Waals surface area contributed by atoms with Crippen LogP contribution in [0.5, 0.6) is 0 Å². The third-order valence-corrected chi connectivity index (χ3v) is 6.96. The van der Waals surface area contributed by atoms with Crippen molar-refractivity contribution >= 4 is 10.0 Å². The molecule has 0 radical (unpaired) electrons. The van der Waals surface area contributed by atoms with Crippen molar-refractivity contribution in [1.82, 2.24) is 4.72 Å². The summed E-state index contributed by atoms with van der Waals surface area (Å²) in [5.74, 6) is 2.80. The van der Waals surface area contributed by atoms with Crippen LogP contribution in [-0.2, 0) is 10.0 Å². The van der Waals surface area contributed by atoms with Gasteiger partial charge in [0.25, 0.3) is 0 Å². The third kappa shape index (κ3) is 1.30. The third-order valence-electron chi connectivity index (χ3n) is 5.05. The van der Waals surface area contributed by atoms with E-state index >= 15 is 0 Å². The molecule has 1 N–H and O–H groups in total. The van der Waals surface area contributed by atoms with E-state index in [-0.39, 0.29) is 5.25 Å². The van der Waals surface area contributed by atoms with Crippen LogP contribution in [0.1, 0.15) is 32.1 Å². The molecule has 0 saturated heterocycles. The second-order valence-corrected chi connectivity index (χ2v) is 7.55. The zero-order chi connectivity index (χ0) is 10.6. The van der Waals surface area contributed by atoms with Crippen molar-refractivity contribution in [1.29, 1.82) is 0 Å². The second-order valence-electron chi connectivity index (χ2n) is 5.44. The monoisotopic (exact) mass is 229 g/mol. The number of rotatable bonds is 2. The minimum Gasteiger partial charge on any atom is -0.218 e. The fraction of sp³-hybridized carbons (Fsp3) is 1.00. The lowest BCUT2D eigenvalue weighted by Crippen LogP contribution is -2.39. The van der Waals surface area contributed by atoms with Crippen LogP contribution in [0.3, 0.4) is 0 Å². The summed E-state index contributed by atoms with van der Waals surface area (Å²) < 4.78 is 26.3. The van der Waals surface area contributed by atoms with Crippen LogP contribution in [0.4, 0.5) is 0 Å². The number of sulfonamides is 1. The van der Waals surface area contributed by atoms with Gasteiger partial charge in [-0.05, 0) is 56.4 Å². The minimum atomic E-state index is -3.02. The van der Waals surface area contributed by atoms with E-state index in [0.717, 1.165) is 24.2 Å². The predicted octanol–water partition coefficient (Wildman–Crippen LogP) is 1.36. The molecule has 86 valence electrons. The lowest BCUT2D eigenvalue weighted by molar-refractivity contribution is 0.260. The molecule has 0 aromatic rings. The van der Waals surface area contributed by atoms with E-state index in [1.54, 1.807) is 7.05 Å². The van der Waals surface area contributed by atoms with Gasteiger partial charge in [-0.2, -0.15) is 0 Å². The van der Waals surface area contributed by atoms with Crippen molar-refractivity contribution in [3.8, 4) is 0 Å². The van der Waals surface area contributed by atoms with Gasteiger partial charge in [0, 0.05) is 0 Å². The average molecular weight is 229 g/mol. The summed E-state index contributed by atoms with van der Waals surface area (Å²) in [6, 6.07) is 0. The molecule has 5 unspecified atom stereocenters. The number of hydrogen-bond acceptors (Lipinski definition) is 2. The Kier molecular flexibility index (Phi) is 2.15. The van der Waals surface area contributed by atoms with Crippen LogP contribution < -0.4 is 4.72 Å². The molecule has 5 atom stereocenters. The van der Waals surface area contributed by atoms with Crippen molar-refractivity contribution in [2.24, 2.45) is 23.7 Å². The number of fused-ring (bicyclic) bond motifs is 5. The highest BCUT2D eigenvalue weighted by Crippen LogP contribution is 2.59. The van der Waals surface area contributed by atoms with E-state index in [2.05, 4.69) is 4.72 Å². The first-order chi connectivity index (χ1) is 7.13. The van der Waals surface area contributed by atoms with Gasteiger partial charge < -0.3 is 0 Å². The molecule has 3 fully saturated rings. The van der Waals surface area contributed by atoms with Gasteiger partial charge in [0.05, 0.1) is 5.25 Å². The topological polar surface area (TPSA) is 46.2 Å². The Morgan fingerprint density at radius 3 is 2.53 bits per heavy atom. The molecule has 0 amide bonds. The van der Waals surface area contributed by atoms with Crippen LogP contribution in [0.25, 0.3) is 0 Å². The molecule has 3 rings (SSSR count). The molecule has 0 aromatic carbocycles. The highest BCUT2D eigenvalue weighted by Gasteiger charge is 2.56. The van der Waals surface area contributed by atoms with E-state index in [1.165, 1.54) is 25.7 Å². The van der Waals surface area contributed by atoms with Crippen LogP contribution >= 0.6 is 0 Å². The summed E-state index contributed by atoms with van der Waals surface area (Å²) in [5, 5.41) is -0.0770. The van der Waals surface area contributed by atoms with Crippen LogP contribution in [-0.4, -0.2) is 20.7 Å². The Morgan fingerprint density at radius 2 is 1.80 bits per heavy atom. The fourth-order valence-corrected chi connectivity index (χ4v) is 6.09. The highest BCUT2D eigenvalue weighted by atomic mass is 32.2. The molecule has 3 aliphatic carbocycles. The van der Waals surface area contributed by atoms with Crippen LogP contribution in [0.2, 0.25) is 0 Å². The minimum absolute atomic E-state index is 0.0770. The Bertz CT molecular complexity index is 365. The zero-order valence-corrected chi connectivity index (χ0v) is 9.96. The Morgan fingerprint density at radius 1 is 1.07 bits per heavy atom. The van der Waals surface area contributed by atoms with E-state index in [1.807, 2.05) is 0 Å². The molecular formula is C11H19NO2S. The number of nitrogens with one attached hydrogen (secondary N) is 1. The lowest BCUT2D eigenvalue weighted by Gasteiger charge is -2.30. The standard InChI is InChI=1S/C11H19NO2S/c1-12-15(13,14)11-6-7-5-10(11)9-4-2-3-8(7)9/h7-12H,2-6H2,1H3. The van der Waals surface area contributed by atoms with Crippen molar-refractivity contribution < 1.29 is 8.42 Å². The normalized spacial score (nSPS) is 48.5. The summed E-state index contributed by atoms with van der Waals surface area (Å²) in [7, 11) is -1.47. The first-order valence-electron chi connectivity index (χ1n) is 6.06. The van der Waals surface area contributed by atoms with Gasteiger partial charge in [0.2, 0.25) is 10.0 Å². The summed E-state index contributed by atoms with van der Waals surface area (Å²) in [5.41, 5.74) is 0. The number of hydrogen-bond donors (Lipinski definition) is 1. The van der Waals surface area contributed by atoms with Gasteiger partial charge in [0.15, 0.2) is 0 Å². The maximum absolute atomic E-state index is 11.9. The van der Waals surface area contributed by atoms with Crippen molar-refractivity contribution in [2.75, 3.05) is 7.05 Å². The molecule has 0 aromatic heterocycles. The predicted molar refractivity (Wildman–Crippen MR) is 58.8 cm³/mol. The molecule has 3 saturated carbocycles. The van der Waals surface area contributed by atoms with E-state index in [9.17, 15) is 8.42 Å². The van der Waals surface area contributed by atoms with Gasteiger partial charge in [-0.15, -0.1) is 0 Å². The van der Waals surface area contributed by atoms with E-state index in [0.29, 0.717) is 5.92 Å². The maximum Gasteiger partial charge on any atom is 0.214 e. The molecule has 0 aliphatic heterocycles. The fourth-order valence-electron chi connectivity index (χ4n) is 4.51. The van der Waals surface area contributed by atoms with Gasteiger partial charge in [0.1, 0.15) is 0 Å². The van der Waals surface area contributed by atoms with Crippen LogP contribution in [0, 0.1) is 23.7 Å². The average Bonchev–Trinajstić information content (AvgIpc) is 2.89. The van der Waals surface area contributed by atoms with Crippen molar-refractivity contribution in [3.05, 3.63) is 0 Å². The van der Waals surface area contributed by atoms with Crippen molar-refractivity contribution in [2.45, 2.75) is 37.4 Å². The van der Waals surface area contributed by atoms with Gasteiger partial charge in [-0.3, -0.25) is 0 Å². The van der Waals surface area contributed by atoms with Gasteiger partial charge >= 0.3 is 0 Å². The smallest absolute Gasteiger partial charge is 0.214 e. The Balaban J connectivity index is 1.87. The van der Waals surface area contributed by atoms with E-state index < -0.39 is 10.0 Å². The quantitative estimate of drug-likeness (QED) is 0.777. The molecule has 4 heteroatoms.